The molecule has 0 aliphatic rings. The fourth-order valence-electron chi connectivity index (χ4n) is 3.53. The lowest BCUT2D eigenvalue weighted by molar-refractivity contribution is 0.147. The minimum Gasteiger partial charge on any atom is -0.391 e. The van der Waals surface area contributed by atoms with Gasteiger partial charge < -0.3 is 9.67 Å². The molecule has 0 spiro atoms. The second-order valence-electron chi connectivity index (χ2n) is 6.61. The van der Waals surface area contributed by atoms with E-state index in [4.69, 9.17) is 0 Å². The van der Waals surface area contributed by atoms with E-state index >= 15 is 0 Å². The molecular weight excluding hydrogens is 548 g/mol. The first-order valence-corrected chi connectivity index (χ1v) is 10.9. The number of aromatic nitrogens is 1. The maximum atomic E-state index is 10.7. The molecule has 0 amide bonds. The fourth-order valence-corrected chi connectivity index (χ4v) is 4.51. The van der Waals surface area contributed by atoms with Crippen LogP contribution in [0.15, 0.2) is 66.7 Å². The minimum atomic E-state index is -0.368. The zero-order valence-corrected chi connectivity index (χ0v) is 18.5. The number of aryl methyl sites for hydroxylation is 1. The molecule has 4 heteroatoms. The molecule has 132 valence electrons. The molecule has 0 fully saturated rings. The van der Waals surface area contributed by atoms with Crippen molar-refractivity contribution in [3.63, 3.8) is 0 Å². The third-order valence-electron chi connectivity index (χ3n) is 4.79. The Bertz CT molecular complexity index is 997. The Balaban J connectivity index is 1.66. The average molecular weight is 567 g/mol. The zero-order valence-electron chi connectivity index (χ0n) is 14.2. The molecule has 0 saturated heterocycles. The van der Waals surface area contributed by atoms with Crippen molar-refractivity contribution in [2.45, 2.75) is 25.5 Å². The van der Waals surface area contributed by atoms with E-state index in [2.05, 4.69) is 110 Å². The predicted octanol–water partition coefficient (Wildman–Crippen LogP) is 6.00. The molecule has 0 aliphatic carbocycles. The lowest BCUT2D eigenvalue weighted by Crippen LogP contribution is -2.16. The molecular formula is C22H19I2NO. The first-order chi connectivity index (χ1) is 12.6. The smallest absolute Gasteiger partial charge is 0.0722 e. The summed E-state index contributed by atoms with van der Waals surface area (Å²) in [6.45, 7) is 0.619. The van der Waals surface area contributed by atoms with E-state index < -0.39 is 0 Å². The molecule has 0 saturated carbocycles. The summed E-state index contributed by atoms with van der Waals surface area (Å²) in [5.41, 5.74) is 3.67. The van der Waals surface area contributed by atoms with Crippen LogP contribution in [0.2, 0.25) is 0 Å². The lowest BCUT2D eigenvalue weighted by Gasteiger charge is -2.14. The largest absolute Gasteiger partial charge is 0.391 e. The van der Waals surface area contributed by atoms with Crippen molar-refractivity contribution in [3.05, 3.63) is 79.4 Å². The molecule has 0 radical (unpaired) electrons. The summed E-state index contributed by atoms with van der Waals surface area (Å²) >= 11 is 4.73. The third kappa shape index (κ3) is 3.77. The zero-order chi connectivity index (χ0) is 18.1. The normalized spacial score (nSPS) is 12.7. The summed E-state index contributed by atoms with van der Waals surface area (Å²) < 4.78 is 4.74. The van der Waals surface area contributed by atoms with Gasteiger partial charge in [-0.2, -0.15) is 0 Å². The number of fused-ring (bicyclic) bond motifs is 3. The van der Waals surface area contributed by atoms with Crippen molar-refractivity contribution >= 4 is 67.0 Å². The number of halogens is 2. The Hall–Kier alpha value is -1.12. The highest BCUT2D eigenvalue weighted by Gasteiger charge is 2.14. The summed E-state index contributed by atoms with van der Waals surface area (Å²) in [7, 11) is 0. The number of hydrogen-bond acceptors (Lipinski definition) is 1. The number of aliphatic hydroxyl groups is 1. The number of benzene rings is 3. The van der Waals surface area contributed by atoms with Gasteiger partial charge in [-0.25, -0.2) is 0 Å². The number of nitrogens with zero attached hydrogens (tertiary/aromatic N) is 1. The summed E-state index contributed by atoms with van der Waals surface area (Å²) in [4.78, 5) is 0. The van der Waals surface area contributed by atoms with Crippen LogP contribution in [0.5, 0.6) is 0 Å². The van der Waals surface area contributed by atoms with Gasteiger partial charge in [0.15, 0.2) is 0 Å². The van der Waals surface area contributed by atoms with Crippen molar-refractivity contribution in [1.29, 1.82) is 0 Å². The first kappa shape index (κ1) is 18.3. The highest BCUT2D eigenvalue weighted by molar-refractivity contribution is 14.1. The molecule has 4 aromatic rings. The second kappa shape index (κ2) is 7.86. The van der Waals surface area contributed by atoms with E-state index in [-0.39, 0.29) is 6.10 Å². The van der Waals surface area contributed by atoms with Crippen LogP contribution in [0, 0.1) is 7.14 Å². The predicted molar refractivity (Wildman–Crippen MR) is 126 cm³/mol. The van der Waals surface area contributed by atoms with E-state index in [0.29, 0.717) is 6.54 Å². The second-order valence-corrected chi connectivity index (χ2v) is 9.10. The van der Waals surface area contributed by atoms with Gasteiger partial charge in [-0.15, -0.1) is 0 Å². The molecule has 1 atom stereocenters. The fraction of sp³-hybridized carbons (Fsp3) is 0.182. The number of hydrogen-bond donors (Lipinski definition) is 1. The van der Waals surface area contributed by atoms with Crippen LogP contribution in [-0.2, 0) is 13.0 Å². The van der Waals surface area contributed by atoms with E-state index in [1.54, 1.807) is 0 Å². The van der Waals surface area contributed by atoms with Crippen molar-refractivity contribution in [1.82, 2.24) is 4.57 Å². The van der Waals surface area contributed by atoms with Gasteiger partial charge in [0.25, 0.3) is 0 Å². The van der Waals surface area contributed by atoms with Crippen LogP contribution >= 0.6 is 45.2 Å². The van der Waals surface area contributed by atoms with Gasteiger partial charge in [0.05, 0.1) is 6.10 Å². The van der Waals surface area contributed by atoms with Crippen molar-refractivity contribution in [2.75, 3.05) is 0 Å². The van der Waals surface area contributed by atoms with Gasteiger partial charge in [-0.3, -0.25) is 0 Å². The van der Waals surface area contributed by atoms with Crippen molar-refractivity contribution < 1.29 is 5.11 Å². The standard InChI is InChI=1S/C22H19I2NO/c23-16-7-10-21-19(12-16)20-13-17(24)8-11-22(20)25(21)14-18(26)9-6-15-4-2-1-3-5-15/h1-5,7-8,10-13,18,26H,6,9,14H2. The number of aliphatic hydroxyl groups excluding tert-OH is 1. The van der Waals surface area contributed by atoms with Gasteiger partial charge in [-0.05, 0) is 100.0 Å². The van der Waals surface area contributed by atoms with Gasteiger partial charge in [0.2, 0.25) is 0 Å². The third-order valence-corrected chi connectivity index (χ3v) is 6.13. The summed E-state index contributed by atoms with van der Waals surface area (Å²) in [5, 5.41) is 13.2. The Morgan fingerprint density at radius 3 is 1.96 bits per heavy atom. The lowest BCUT2D eigenvalue weighted by atomic mass is 10.1. The molecule has 1 unspecified atom stereocenters. The Kier molecular flexibility index (Phi) is 5.52. The van der Waals surface area contributed by atoms with E-state index in [9.17, 15) is 5.11 Å². The van der Waals surface area contributed by atoms with E-state index in [1.165, 1.54) is 34.5 Å². The van der Waals surface area contributed by atoms with Crippen LogP contribution in [0.4, 0.5) is 0 Å². The van der Waals surface area contributed by atoms with Gasteiger partial charge in [0.1, 0.15) is 0 Å². The Morgan fingerprint density at radius 1 is 0.808 bits per heavy atom. The summed E-state index contributed by atoms with van der Waals surface area (Å²) in [6, 6.07) is 23.5. The maximum absolute atomic E-state index is 10.7. The summed E-state index contributed by atoms with van der Waals surface area (Å²) in [5.74, 6) is 0. The van der Waals surface area contributed by atoms with E-state index in [0.717, 1.165) is 12.8 Å². The number of rotatable bonds is 5. The SMILES string of the molecule is OC(CCc1ccccc1)Cn1c2ccc(I)cc2c2cc(I)ccc21. The first-order valence-electron chi connectivity index (χ1n) is 8.71. The Labute approximate surface area is 180 Å². The highest BCUT2D eigenvalue weighted by Crippen LogP contribution is 2.31. The highest BCUT2D eigenvalue weighted by atomic mass is 127. The molecule has 1 aromatic heterocycles. The molecule has 0 aliphatic heterocycles. The monoisotopic (exact) mass is 567 g/mol. The van der Waals surface area contributed by atoms with Crippen LogP contribution in [0.25, 0.3) is 21.8 Å². The molecule has 4 rings (SSSR count). The van der Waals surface area contributed by atoms with Gasteiger partial charge in [-0.1, -0.05) is 30.3 Å². The van der Waals surface area contributed by atoms with Crippen LogP contribution < -0.4 is 0 Å². The average Bonchev–Trinajstić information content (AvgIpc) is 2.93. The van der Waals surface area contributed by atoms with Crippen molar-refractivity contribution in [3.8, 4) is 0 Å². The van der Waals surface area contributed by atoms with E-state index in [1.807, 2.05) is 6.07 Å². The van der Waals surface area contributed by atoms with Gasteiger partial charge >= 0.3 is 0 Å². The maximum Gasteiger partial charge on any atom is 0.0722 e. The van der Waals surface area contributed by atoms with Crippen molar-refractivity contribution in [2.24, 2.45) is 0 Å². The molecule has 1 N–H and O–H groups in total. The molecule has 0 bridgehead atoms. The molecule has 26 heavy (non-hydrogen) atoms. The molecule has 2 nitrogen and oxygen atoms in total. The Morgan fingerprint density at radius 2 is 1.38 bits per heavy atom. The minimum absolute atomic E-state index is 0.368. The van der Waals surface area contributed by atoms with Gasteiger partial charge in [0, 0.05) is 35.5 Å². The van der Waals surface area contributed by atoms with Crippen LogP contribution in [0.3, 0.4) is 0 Å². The topological polar surface area (TPSA) is 25.2 Å². The quantitative estimate of drug-likeness (QED) is 0.295. The molecule has 1 heterocycles. The summed E-state index contributed by atoms with van der Waals surface area (Å²) in [6.07, 6.45) is 1.29. The van der Waals surface area contributed by atoms with Crippen LogP contribution in [0.1, 0.15) is 12.0 Å². The molecule has 3 aromatic carbocycles. The van der Waals surface area contributed by atoms with Crippen LogP contribution in [-0.4, -0.2) is 15.8 Å².